The molecule has 8 nitrogen and oxygen atoms in total. The molecule has 3 saturated heterocycles. The molecule has 1 aromatic carbocycles. The zero-order valence-electron chi connectivity index (χ0n) is 23.6. The number of carbonyl (C=O) groups excluding carboxylic acids is 1. The molecule has 3 heterocycles. The van der Waals surface area contributed by atoms with Gasteiger partial charge < -0.3 is 23.7 Å². The summed E-state index contributed by atoms with van der Waals surface area (Å²) in [6.07, 6.45) is 3.29. The SMILES string of the molecule is CCC1(CC)CC2(CC(C)(C)N1OC(C)c1ccc(OCC3CO3)cc1)OCC(C)(COC(C)=O)CO2. The Kier molecular flexibility index (Phi) is 8.27. The Bertz CT molecular complexity index is 915. The van der Waals surface area contributed by atoms with Crippen molar-refractivity contribution in [1.29, 1.82) is 0 Å². The second kappa shape index (κ2) is 10.8. The van der Waals surface area contributed by atoms with Gasteiger partial charge in [-0.05, 0) is 51.3 Å². The number of benzene rings is 1. The molecule has 3 aliphatic rings. The Morgan fingerprint density at radius 1 is 1.08 bits per heavy atom. The van der Waals surface area contributed by atoms with Gasteiger partial charge in [0.05, 0.1) is 25.4 Å². The maximum Gasteiger partial charge on any atom is 0.302 e. The minimum Gasteiger partial charge on any atom is -0.491 e. The predicted molar refractivity (Wildman–Crippen MR) is 139 cm³/mol. The molecule has 0 aliphatic carbocycles. The van der Waals surface area contributed by atoms with E-state index in [1.54, 1.807) is 0 Å². The lowest BCUT2D eigenvalue weighted by Crippen LogP contribution is -2.69. The number of hydroxylamine groups is 2. The number of hydrogen-bond acceptors (Lipinski definition) is 8. The molecule has 1 aromatic rings. The van der Waals surface area contributed by atoms with Crippen LogP contribution >= 0.6 is 0 Å². The monoisotopic (exact) mass is 519 g/mol. The fourth-order valence-electron chi connectivity index (χ4n) is 5.72. The van der Waals surface area contributed by atoms with Crippen LogP contribution < -0.4 is 4.74 Å². The minimum atomic E-state index is -0.696. The van der Waals surface area contributed by atoms with E-state index in [4.69, 9.17) is 28.5 Å². The van der Waals surface area contributed by atoms with Crippen LogP contribution in [0.5, 0.6) is 5.75 Å². The zero-order chi connectivity index (χ0) is 26.9. The van der Waals surface area contributed by atoms with Crippen LogP contribution in [0.4, 0.5) is 0 Å². The molecular formula is C29H45NO7. The van der Waals surface area contributed by atoms with E-state index in [-0.39, 0.29) is 34.7 Å². The van der Waals surface area contributed by atoms with Crippen LogP contribution in [0.1, 0.15) is 85.8 Å². The molecule has 2 atom stereocenters. The Morgan fingerprint density at radius 3 is 2.24 bits per heavy atom. The molecule has 0 radical (unpaired) electrons. The van der Waals surface area contributed by atoms with Crippen LogP contribution in [0.3, 0.4) is 0 Å². The van der Waals surface area contributed by atoms with Crippen LogP contribution in [0.15, 0.2) is 24.3 Å². The van der Waals surface area contributed by atoms with E-state index in [1.165, 1.54) is 6.92 Å². The fourth-order valence-corrected chi connectivity index (χ4v) is 5.72. The first-order valence-corrected chi connectivity index (χ1v) is 13.7. The largest absolute Gasteiger partial charge is 0.491 e. The molecule has 0 N–H and O–H groups in total. The Labute approximate surface area is 221 Å². The van der Waals surface area contributed by atoms with Crippen molar-refractivity contribution in [2.24, 2.45) is 5.41 Å². The van der Waals surface area contributed by atoms with Gasteiger partial charge in [-0.25, -0.2) is 0 Å². The predicted octanol–water partition coefficient (Wildman–Crippen LogP) is 5.20. The van der Waals surface area contributed by atoms with Crippen molar-refractivity contribution in [3.63, 3.8) is 0 Å². The number of nitrogens with zero attached hydrogens (tertiary/aromatic N) is 1. The first kappa shape index (κ1) is 28.3. The van der Waals surface area contributed by atoms with Crippen molar-refractivity contribution in [2.75, 3.05) is 33.0 Å². The van der Waals surface area contributed by atoms with Crippen LogP contribution in [0, 0.1) is 5.41 Å². The van der Waals surface area contributed by atoms with Gasteiger partial charge in [0.2, 0.25) is 0 Å². The number of hydrogen-bond donors (Lipinski definition) is 0. The van der Waals surface area contributed by atoms with Crippen molar-refractivity contribution in [2.45, 2.75) is 103 Å². The number of rotatable bonds is 10. The van der Waals surface area contributed by atoms with Gasteiger partial charge in [-0.2, -0.15) is 5.06 Å². The van der Waals surface area contributed by atoms with E-state index >= 15 is 0 Å². The average Bonchev–Trinajstić information content (AvgIpc) is 3.70. The summed E-state index contributed by atoms with van der Waals surface area (Å²) in [5.74, 6) is -0.137. The Hall–Kier alpha value is -1.71. The van der Waals surface area contributed by atoms with Crippen molar-refractivity contribution < 1.29 is 33.3 Å². The van der Waals surface area contributed by atoms with E-state index < -0.39 is 5.79 Å². The van der Waals surface area contributed by atoms with Gasteiger partial charge in [0.1, 0.15) is 31.2 Å². The number of carbonyl (C=O) groups is 1. The molecule has 0 saturated carbocycles. The molecule has 0 amide bonds. The summed E-state index contributed by atoms with van der Waals surface area (Å²) in [5.41, 5.74) is 0.146. The highest BCUT2D eigenvalue weighted by Gasteiger charge is 2.59. The normalized spacial score (nSPS) is 31.6. The van der Waals surface area contributed by atoms with Crippen molar-refractivity contribution in [1.82, 2.24) is 5.06 Å². The molecule has 1 spiro atoms. The van der Waals surface area contributed by atoms with Gasteiger partial charge in [-0.3, -0.25) is 9.63 Å². The number of esters is 1. The minimum absolute atomic E-state index is 0.133. The van der Waals surface area contributed by atoms with Crippen molar-refractivity contribution in [3.8, 4) is 5.75 Å². The zero-order valence-corrected chi connectivity index (χ0v) is 23.6. The maximum absolute atomic E-state index is 11.3. The first-order valence-electron chi connectivity index (χ1n) is 13.7. The third-order valence-corrected chi connectivity index (χ3v) is 8.04. The van der Waals surface area contributed by atoms with E-state index in [1.807, 2.05) is 19.1 Å². The molecular weight excluding hydrogens is 474 g/mol. The summed E-state index contributed by atoms with van der Waals surface area (Å²) >= 11 is 0. The highest BCUT2D eigenvalue weighted by atomic mass is 16.7. The lowest BCUT2D eigenvalue weighted by Gasteiger charge is -2.61. The van der Waals surface area contributed by atoms with Crippen LogP contribution in [0.2, 0.25) is 0 Å². The topological polar surface area (TPSA) is 79.0 Å². The standard InChI is InChI=1S/C29H45NO7/c1-8-28(9-2)17-29(35-19-27(7,20-36-29)18-34-22(4)31)16-26(5,6)30(28)37-21(3)23-10-12-24(13-11-23)32-14-25-15-33-25/h10-13,21,25H,8-9,14-20H2,1-7H3. The van der Waals surface area contributed by atoms with Gasteiger partial charge in [0, 0.05) is 30.7 Å². The highest BCUT2D eigenvalue weighted by Crippen LogP contribution is 2.52. The smallest absolute Gasteiger partial charge is 0.302 e. The van der Waals surface area contributed by atoms with Crippen LogP contribution in [0.25, 0.3) is 0 Å². The number of piperidine rings is 1. The van der Waals surface area contributed by atoms with Crippen LogP contribution in [-0.4, -0.2) is 67.0 Å². The summed E-state index contributed by atoms with van der Waals surface area (Å²) < 4.78 is 29.3. The van der Waals surface area contributed by atoms with Gasteiger partial charge in [0.25, 0.3) is 0 Å². The summed E-state index contributed by atoms with van der Waals surface area (Å²) in [7, 11) is 0. The molecule has 208 valence electrons. The summed E-state index contributed by atoms with van der Waals surface area (Å²) in [5, 5.41) is 2.23. The van der Waals surface area contributed by atoms with E-state index in [0.717, 1.165) is 30.8 Å². The van der Waals surface area contributed by atoms with Gasteiger partial charge in [0.15, 0.2) is 5.79 Å². The lowest BCUT2D eigenvalue weighted by atomic mass is 9.72. The first-order chi connectivity index (χ1) is 17.4. The Balaban J connectivity index is 1.46. The molecule has 37 heavy (non-hydrogen) atoms. The second-order valence-electron chi connectivity index (χ2n) is 12.1. The quantitative estimate of drug-likeness (QED) is 0.308. The van der Waals surface area contributed by atoms with Crippen LogP contribution in [-0.2, 0) is 28.6 Å². The molecule has 0 aromatic heterocycles. The molecule has 2 unspecified atom stereocenters. The molecule has 3 fully saturated rings. The fraction of sp³-hybridized carbons (Fsp3) is 0.759. The molecule has 0 bridgehead atoms. The van der Waals surface area contributed by atoms with Gasteiger partial charge in [-0.15, -0.1) is 0 Å². The summed E-state index contributed by atoms with van der Waals surface area (Å²) in [4.78, 5) is 18.1. The lowest BCUT2D eigenvalue weighted by molar-refractivity contribution is -0.395. The third-order valence-electron chi connectivity index (χ3n) is 8.04. The van der Waals surface area contributed by atoms with Crippen molar-refractivity contribution >= 4 is 5.97 Å². The summed E-state index contributed by atoms with van der Waals surface area (Å²) in [6, 6.07) is 8.14. The van der Waals surface area contributed by atoms with Gasteiger partial charge >= 0.3 is 5.97 Å². The van der Waals surface area contributed by atoms with Gasteiger partial charge in [-0.1, -0.05) is 32.9 Å². The second-order valence-corrected chi connectivity index (χ2v) is 12.1. The number of epoxide rings is 1. The summed E-state index contributed by atoms with van der Waals surface area (Å²) in [6.45, 7) is 17.0. The van der Waals surface area contributed by atoms with Crippen molar-refractivity contribution in [3.05, 3.63) is 29.8 Å². The molecule has 4 rings (SSSR count). The Morgan fingerprint density at radius 2 is 1.70 bits per heavy atom. The number of ether oxygens (including phenoxy) is 5. The average molecular weight is 520 g/mol. The highest BCUT2D eigenvalue weighted by molar-refractivity contribution is 5.65. The molecule has 8 heteroatoms. The van der Waals surface area contributed by atoms with E-state index in [0.29, 0.717) is 39.3 Å². The maximum atomic E-state index is 11.3. The third kappa shape index (κ3) is 6.48. The van der Waals surface area contributed by atoms with E-state index in [2.05, 4.69) is 51.8 Å². The molecule has 3 aliphatic heterocycles. The van der Waals surface area contributed by atoms with E-state index in [9.17, 15) is 4.79 Å².